The van der Waals surface area contributed by atoms with Crippen LogP contribution in [0.1, 0.15) is 6.92 Å². The van der Waals surface area contributed by atoms with Gasteiger partial charge in [0.1, 0.15) is 5.66 Å². The maximum atomic E-state index is 5.35. The lowest BCUT2D eigenvalue weighted by molar-refractivity contribution is 0.500. The maximum Gasteiger partial charge on any atom is 0.106 e. The van der Waals surface area contributed by atoms with Crippen molar-refractivity contribution in [1.82, 2.24) is 10.4 Å². The van der Waals surface area contributed by atoms with Gasteiger partial charge in [0.2, 0.25) is 0 Å². The van der Waals surface area contributed by atoms with Crippen LogP contribution in [0.4, 0.5) is 0 Å². The molecule has 7 heavy (non-hydrogen) atoms. The molecule has 0 amide bonds. The topological polar surface area (TPSA) is 51.0 Å². The third kappa shape index (κ3) is 0.627. The van der Waals surface area contributed by atoms with E-state index in [2.05, 4.69) is 12.3 Å². The van der Waals surface area contributed by atoms with Crippen molar-refractivity contribution in [2.75, 3.05) is 13.6 Å². The van der Waals surface area contributed by atoms with E-state index in [4.69, 9.17) is 5.73 Å². The van der Waals surface area contributed by atoms with Crippen LogP contribution < -0.4 is 11.2 Å². The van der Waals surface area contributed by atoms with E-state index in [0.717, 1.165) is 0 Å². The molecule has 0 spiro atoms. The van der Waals surface area contributed by atoms with Crippen LogP contribution in [-0.4, -0.2) is 24.3 Å². The van der Waals surface area contributed by atoms with Crippen LogP contribution in [-0.2, 0) is 0 Å². The number of nitrogens with one attached hydrogen (secondary N) is 1. The number of hydrazine groups is 1. The van der Waals surface area contributed by atoms with Crippen molar-refractivity contribution in [3.8, 4) is 0 Å². The average Bonchev–Trinajstić information content (AvgIpc) is 2.18. The van der Waals surface area contributed by atoms with Crippen LogP contribution in [0.15, 0.2) is 0 Å². The molecule has 0 saturated carbocycles. The van der Waals surface area contributed by atoms with Gasteiger partial charge in [-0.3, -0.25) is 0 Å². The number of nitrogens with two attached hydrogens (primary N) is 1. The van der Waals surface area contributed by atoms with E-state index < -0.39 is 0 Å². The first-order chi connectivity index (χ1) is 3.19. The van der Waals surface area contributed by atoms with Crippen LogP contribution in [0.5, 0.6) is 0 Å². The van der Waals surface area contributed by atoms with Gasteiger partial charge in [-0.25, -0.2) is 10.4 Å². The Morgan fingerprint density at radius 1 is 1.86 bits per heavy atom. The molecule has 0 aromatic rings. The molecule has 1 saturated heterocycles. The van der Waals surface area contributed by atoms with Crippen LogP contribution in [0.2, 0.25) is 0 Å². The molecule has 0 aromatic carbocycles. The van der Waals surface area contributed by atoms with Gasteiger partial charge in [0.15, 0.2) is 0 Å². The first-order valence-corrected chi connectivity index (χ1v) is 2.41. The third-order valence-electron chi connectivity index (χ3n) is 1.50. The highest BCUT2D eigenvalue weighted by Gasteiger charge is 2.42. The summed E-state index contributed by atoms with van der Waals surface area (Å²) < 4.78 is 0. The SMILES string of the molecule is CN1N[C@@]1(C)CN. The lowest BCUT2D eigenvalue weighted by Gasteiger charge is -1.97. The van der Waals surface area contributed by atoms with Crippen molar-refractivity contribution >= 4 is 0 Å². The molecule has 1 heterocycles. The first-order valence-electron chi connectivity index (χ1n) is 2.41. The minimum Gasteiger partial charge on any atom is -0.327 e. The number of rotatable bonds is 1. The van der Waals surface area contributed by atoms with Gasteiger partial charge in [-0.1, -0.05) is 0 Å². The molecular formula is C4H11N3. The number of nitrogens with zero attached hydrogens (tertiary/aromatic N) is 1. The van der Waals surface area contributed by atoms with E-state index in [1.807, 2.05) is 12.1 Å². The molecule has 1 fully saturated rings. The molecule has 3 heteroatoms. The van der Waals surface area contributed by atoms with E-state index in [0.29, 0.717) is 6.54 Å². The molecule has 3 nitrogen and oxygen atoms in total. The summed E-state index contributed by atoms with van der Waals surface area (Å²) >= 11 is 0. The van der Waals surface area contributed by atoms with Gasteiger partial charge in [-0.05, 0) is 6.92 Å². The summed E-state index contributed by atoms with van der Waals surface area (Å²) in [4.78, 5) is 0. The van der Waals surface area contributed by atoms with Crippen LogP contribution >= 0.6 is 0 Å². The van der Waals surface area contributed by atoms with Crippen molar-refractivity contribution in [2.24, 2.45) is 5.73 Å². The Morgan fingerprint density at radius 2 is 2.29 bits per heavy atom. The zero-order chi connectivity index (χ0) is 5.49. The average molecular weight is 101 g/mol. The van der Waals surface area contributed by atoms with Gasteiger partial charge in [0.05, 0.1) is 0 Å². The van der Waals surface area contributed by atoms with Crippen LogP contribution in [0, 0.1) is 0 Å². The molecule has 1 aliphatic heterocycles. The summed E-state index contributed by atoms with van der Waals surface area (Å²) in [7, 11) is 1.98. The van der Waals surface area contributed by atoms with Crippen molar-refractivity contribution in [1.29, 1.82) is 0 Å². The largest absolute Gasteiger partial charge is 0.327 e. The second kappa shape index (κ2) is 1.18. The number of hydrogen-bond acceptors (Lipinski definition) is 3. The molecule has 42 valence electrons. The molecule has 2 atom stereocenters. The van der Waals surface area contributed by atoms with Gasteiger partial charge in [0, 0.05) is 13.6 Å². The molecule has 0 radical (unpaired) electrons. The first kappa shape index (κ1) is 5.03. The summed E-state index contributed by atoms with van der Waals surface area (Å²) in [5, 5.41) is 1.99. The monoisotopic (exact) mass is 101 g/mol. The Balaban J connectivity index is 2.36. The zero-order valence-corrected chi connectivity index (χ0v) is 4.73. The Morgan fingerprint density at radius 3 is 2.29 bits per heavy atom. The van der Waals surface area contributed by atoms with Gasteiger partial charge in [-0.2, -0.15) is 0 Å². The van der Waals surface area contributed by atoms with Crippen molar-refractivity contribution in [3.63, 3.8) is 0 Å². The molecule has 1 aliphatic rings. The summed E-state index contributed by atoms with van der Waals surface area (Å²) in [5.74, 6) is 0. The van der Waals surface area contributed by atoms with Gasteiger partial charge in [0.25, 0.3) is 0 Å². The van der Waals surface area contributed by atoms with Crippen LogP contribution in [0.3, 0.4) is 0 Å². The lowest BCUT2D eigenvalue weighted by atomic mass is 10.3. The summed E-state index contributed by atoms with van der Waals surface area (Å²) in [6, 6.07) is 0. The predicted molar refractivity (Wildman–Crippen MR) is 28.4 cm³/mol. The van der Waals surface area contributed by atoms with E-state index in [1.165, 1.54) is 0 Å². The Bertz CT molecular complexity index is 79.0. The second-order valence-electron chi connectivity index (χ2n) is 2.15. The van der Waals surface area contributed by atoms with E-state index >= 15 is 0 Å². The molecule has 0 bridgehead atoms. The Kier molecular flexibility index (Phi) is 0.849. The highest BCUT2D eigenvalue weighted by molar-refractivity contribution is 4.91. The highest BCUT2D eigenvalue weighted by atomic mass is 15.8. The lowest BCUT2D eigenvalue weighted by Crippen LogP contribution is -2.24. The fraction of sp³-hybridized carbons (Fsp3) is 1.00. The normalized spacial score (nSPS) is 49.3. The van der Waals surface area contributed by atoms with Crippen LogP contribution in [0.25, 0.3) is 0 Å². The highest BCUT2D eigenvalue weighted by Crippen LogP contribution is 2.17. The Hall–Kier alpha value is -0.120. The second-order valence-corrected chi connectivity index (χ2v) is 2.15. The van der Waals surface area contributed by atoms with Gasteiger partial charge >= 0.3 is 0 Å². The summed E-state index contributed by atoms with van der Waals surface area (Å²) in [6.07, 6.45) is 0. The van der Waals surface area contributed by atoms with Crippen molar-refractivity contribution in [2.45, 2.75) is 12.6 Å². The zero-order valence-electron chi connectivity index (χ0n) is 4.73. The number of hydrogen-bond donors (Lipinski definition) is 2. The molecular weight excluding hydrogens is 90.1 g/mol. The standard InChI is InChI=1S/C4H11N3/c1-4(3-5)6-7(4)2/h6H,3,5H2,1-2H3/t4-,7?/m1/s1. The van der Waals surface area contributed by atoms with E-state index in [9.17, 15) is 0 Å². The smallest absolute Gasteiger partial charge is 0.106 e. The van der Waals surface area contributed by atoms with E-state index in [-0.39, 0.29) is 5.66 Å². The van der Waals surface area contributed by atoms with Crippen molar-refractivity contribution in [3.05, 3.63) is 0 Å². The predicted octanol–water partition coefficient (Wildman–Crippen LogP) is -0.889. The van der Waals surface area contributed by atoms with Gasteiger partial charge < -0.3 is 5.73 Å². The van der Waals surface area contributed by atoms with E-state index in [1.54, 1.807) is 0 Å². The molecule has 0 aromatic heterocycles. The minimum atomic E-state index is 0.111. The number of likely N-dealkylation sites (N-methyl/N-ethyl adjacent to an activating group) is 1. The molecule has 0 aliphatic carbocycles. The Labute approximate surface area is 43.4 Å². The molecule has 1 rings (SSSR count). The summed E-state index contributed by atoms with van der Waals surface area (Å²) in [6.45, 7) is 2.75. The quantitative estimate of drug-likeness (QED) is 0.421. The minimum absolute atomic E-state index is 0.111. The fourth-order valence-electron chi connectivity index (χ4n) is 0.519. The molecule has 1 unspecified atom stereocenters. The summed E-state index contributed by atoms with van der Waals surface area (Å²) in [5.41, 5.74) is 8.53. The van der Waals surface area contributed by atoms with Gasteiger partial charge in [-0.15, -0.1) is 0 Å². The van der Waals surface area contributed by atoms with Crippen molar-refractivity contribution < 1.29 is 0 Å². The molecule has 3 N–H and O–H groups in total. The third-order valence-corrected chi connectivity index (χ3v) is 1.50. The maximum absolute atomic E-state index is 5.35. The fourth-order valence-corrected chi connectivity index (χ4v) is 0.519.